The Labute approximate surface area is 219 Å². The van der Waals surface area contributed by atoms with Crippen molar-refractivity contribution >= 4 is 11.9 Å². The summed E-state index contributed by atoms with van der Waals surface area (Å²) >= 11 is 0. The molecule has 1 atom stereocenters. The van der Waals surface area contributed by atoms with E-state index in [0.29, 0.717) is 31.0 Å². The quantitative estimate of drug-likeness (QED) is 0.213. The standard InChI is InChI=1S/C30H38O7/c1-6-9-28(32)37-21-25(31)20-36-27-16-12-24(13-17-27)30(4,5)23-10-14-26(15-11-23)34-18-8-19-35-29(33)22(3)7-2/h6-7,9-17,25,31H,8,18-21H2,1-5H3. The molecule has 2 aromatic rings. The molecule has 0 aliphatic carbocycles. The maximum absolute atomic E-state index is 11.6. The third kappa shape index (κ3) is 9.77. The van der Waals surface area contributed by atoms with E-state index in [2.05, 4.69) is 13.8 Å². The van der Waals surface area contributed by atoms with Crippen LogP contribution >= 0.6 is 0 Å². The lowest BCUT2D eigenvalue weighted by atomic mass is 9.78. The van der Waals surface area contributed by atoms with Gasteiger partial charge in [0.05, 0.1) is 13.2 Å². The van der Waals surface area contributed by atoms with E-state index in [-0.39, 0.29) is 24.6 Å². The molecule has 7 heteroatoms. The van der Waals surface area contributed by atoms with Crippen molar-refractivity contribution in [1.82, 2.24) is 0 Å². The summed E-state index contributed by atoms with van der Waals surface area (Å²) in [5.74, 6) is 0.586. The molecule has 0 bridgehead atoms. The number of carbonyl (C=O) groups is 2. The highest BCUT2D eigenvalue weighted by Gasteiger charge is 2.23. The fourth-order valence-electron chi connectivity index (χ4n) is 3.35. The first-order valence-corrected chi connectivity index (χ1v) is 12.4. The summed E-state index contributed by atoms with van der Waals surface area (Å²) in [7, 11) is 0. The Morgan fingerprint density at radius 2 is 1.43 bits per heavy atom. The van der Waals surface area contributed by atoms with Gasteiger partial charge in [-0.3, -0.25) is 0 Å². The van der Waals surface area contributed by atoms with Gasteiger partial charge in [0.2, 0.25) is 0 Å². The molecule has 1 unspecified atom stereocenters. The Morgan fingerprint density at radius 3 is 1.97 bits per heavy atom. The molecular formula is C30H38O7. The Balaban J connectivity index is 1.83. The zero-order valence-corrected chi connectivity index (χ0v) is 22.4. The predicted octanol–water partition coefficient (Wildman–Crippen LogP) is 5.15. The number of aliphatic hydroxyl groups excluding tert-OH is 1. The van der Waals surface area contributed by atoms with Gasteiger partial charge in [-0.05, 0) is 56.2 Å². The van der Waals surface area contributed by atoms with Crippen LogP contribution in [0.1, 0.15) is 52.2 Å². The average Bonchev–Trinajstić information content (AvgIpc) is 2.90. The second-order valence-corrected chi connectivity index (χ2v) is 9.08. The summed E-state index contributed by atoms with van der Waals surface area (Å²) in [4.78, 5) is 23.0. The number of hydrogen-bond donors (Lipinski definition) is 1. The van der Waals surface area contributed by atoms with E-state index in [0.717, 1.165) is 16.9 Å². The molecule has 0 heterocycles. The monoisotopic (exact) mass is 510 g/mol. The van der Waals surface area contributed by atoms with Crippen LogP contribution in [0.4, 0.5) is 0 Å². The van der Waals surface area contributed by atoms with Gasteiger partial charge in [-0.25, -0.2) is 9.59 Å². The van der Waals surface area contributed by atoms with E-state index in [4.69, 9.17) is 18.9 Å². The van der Waals surface area contributed by atoms with Crippen molar-refractivity contribution in [2.24, 2.45) is 0 Å². The first-order valence-electron chi connectivity index (χ1n) is 12.4. The number of benzene rings is 2. The van der Waals surface area contributed by atoms with Crippen LogP contribution in [-0.4, -0.2) is 49.6 Å². The number of ether oxygens (including phenoxy) is 4. The highest BCUT2D eigenvalue weighted by molar-refractivity contribution is 5.87. The Hall–Kier alpha value is -3.58. The summed E-state index contributed by atoms with van der Waals surface area (Å²) in [6.45, 7) is 10.2. The lowest BCUT2D eigenvalue weighted by molar-refractivity contribution is -0.141. The predicted molar refractivity (Wildman–Crippen MR) is 143 cm³/mol. The minimum Gasteiger partial charge on any atom is -0.493 e. The molecule has 1 N–H and O–H groups in total. The number of rotatable bonds is 14. The van der Waals surface area contributed by atoms with E-state index in [1.807, 2.05) is 48.5 Å². The summed E-state index contributed by atoms with van der Waals surface area (Å²) in [6, 6.07) is 15.7. The molecule has 0 aliphatic heterocycles. The molecule has 7 nitrogen and oxygen atoms in total. The molecule has 2 rings (SSSR count). The van der Waals surface area contributed by atoms with Crippen molar-refractivity contribution in [1.29, 1.82) is 0 Å². The van der Waals surface area contributed by atoms with Gasteiger partial charge in [0.1, 0.15) is 30.8 Å². The fraction of sp³-hybridized carbons (Fsp3) is 0.400. The van der Waals surface area contributed by atoms with Crippen LogP contribution in [0.15, 0.2) is 72.3 Å². The van der Waals surface area contributed by atoms with Crippen molar-refractivity contribution in [3.63, 3.8) is 0 Å². The van der Waals surface area contributed by atoms with E-state index < -0.39 is 12.1 Å². The normalized spacial score (nSPS) is 12.8. The van der Waals surface area contributed by atoms with Crippen LogP contribution in [0, 0.1) is 0 Å². The first kappa shape index (κ1) is 29.6. The Bertz CT molecular complexity index is 1050. The second kappa shape index (κ2) is 14.9. The summed E-state index contributed by atoms with van der Waals surface area (Å²) in [6.07, 6.45) is 4.30. The first-order chi connectivity index (χ1) is 17.7. The molecule has 0 amide bonds. The molecule has 0 saturated carbocycles. The van der Waals surface area contributed by atoms with Crippen molar-refractivity contribution in [2.75, 3.05) is 26.4 Å². The van der Waals surface area contributed by atoms with Crippen molar-refractivity contribution in [3.8, 4) is 11.5 Å². The van der Waals surface area contributed by atoms with Crippen LogP contribution in [0.25, 0.3) is 0 Å². The van der Waals surface area contributed by atoms with E-state index in [1.54, 1.807) is 32.9 Å². The lowest BCUT2D eigenvalue weighted by Crippen LogP contribution is -2.24. The number of allylic oxidation sites excluding steroid dienone is 2. The molecular weight excluding hydrogens is 472 g/mol. The minimum atomic E-state index is -0.913. The van der Waals surface area contributed by atoms with Crippen LogP contribution < -0.4 is 9.47 Å². The second-order valence-electron chi connectivity index (χ2n) is 9.08. The molecule has 37 heavy (non-hydrogen) atoms. The molecule has 0 saturated heterocycles. The zero-order valence-electron chi connectivity index (χ0n) is 22.4. The van der Waals surface area contributed by atoms with Crippen molar-refractivity contribution < 1.29 is 33.6 Å². The van der Waals surface area contributed by atoms with E-state index in [1.165, 1.54) is 6.08 Å². The molecule has 200 valence electrons. The van der Waals surface area contributed by atoms with E-state index in [9.17, 15) is 14.7 Å². The molecule has 0 radical (unpaired) electrons. The fourth-order valence-corrected chi connectivity index (χ4v) is 3.35. The summed E-state index contributed by atoms with van der Waals surface area (Å²) in [5.41, 5.74) is 2.58. The lowest BCUT2D eigenvalue weighted by Gasteiger charge is -2.26. The Kier molecular flexibility index (Phi) is 11.9. The molecule has 0 fully saturated rings. The SMILES string of the molecule is CC=CC(=O)OCC(O)COc1ccc(C(C)(C)c2ccc(OCCCOC(=O)C(C)=CC)cc2)cc1. The Morgan fingerprint density at radius 1 is 0.865 bits per heavy atom. The molecule has 0 aromatic heterocycles. The van der Waals surface area contributed by atoms with Gasteiger partial charge in [0, 0.05) is 23.5 Å². The third-order valence-electron chi connectivity index (χ3n) is 5.86. The van der Waals surface area contributed by atoms with Crippen molar-refractivity contribution in [2.45, 2.75) is 52.6 Å². The van der Waals surface area contributed by atoms with Crippen LogP contribution in [-0.2, 0) is 24.5 Å². The molecule has 0 spiro atoms. The van der Waals surface area contributed by atoms with Gasteiger partial charge < -0.3 is 24.1 Å². The highest BCUT2D eigenvalue weighted by atomic mass is 16.5. The smallest absolute Gasteiger partial charge is 0.333 e. The van der Waals surface area contributed by atoms with Gasteiger partial charge in [0.15, 0.2) is 0 Å². The van der Waals surface area contributed by atoms with Gasteiger partial charge in [-0.15, -0.1) is 0 Å². The molecule has 2 aromatic carbocycles. The number of hydrogen-bond acceptors (Lipinski definition) is 7. The third-order valence-corrected chi connectivity index (χ3v) is 5.86. The maximum Gasteiger partial charge on any atom is 0.333 e. The van der Waals surface area contributed by atoms with Crippen LogP contribution in [0.2, 0.25) is 0 Å². The van der Waals surface area contributed by atoms with E-state index >= 15 is 0 Å². The number of aliphatic hydroxyl groups is 1. The van der Waals surface area contributed by atoms with Crippen molar-refractivity contribution in [3.05, 3.63) is 83.5 Å². The summed E-state index contributed by atoms with van der Waals surface area (Å²) in [5, 5.41) is 9.96. The average molecular weight is 511 g/mol. The summed E-state index contributed by atoms with van der Waals surface area (Å²) < 4.78 is 21.5. The largest absolute Gasteiger partial charge is 0.493 e. The molecule has 0 aliphatic rings. The number of esters is 2. The van der Waals surface area contributed by atoms with Crippen LogP contribution in [0.5, 0.6) is 11.5 Å². The topological polar surface area (TPSA) is 91.3 Å². The minimum absolute atomic E-state index is 0.0190. The van der Waals surface area contributed by atoms with Gasteiger partial charge >= 0.3 is 11.9 Å². The maximum atomic E-state index is 11.6. The number of carbonyl (C=O) groups excluding carboxylic acids is 2. The zero-order chi connectivity index (χ0) is 27.3. The van der Waals surface area contributed by atoms with Crippen LogP contribution in [0.3, 0.4) is 0 Å². The van der Waals surface area contributed by atoms with Gasteiger partial charge in [0.25, 0.3) is 0 Å². The highest BCUT2D eigenvalue weighted by Crippen LogP contribution is 2.33. The van der Waals surface area contributed by atoms with Gasteiger partial charge in [-0.2, -0.15) is 0 Å². The van der Waals surface area contributed by atoms with Gasteiger partial charge in [-0.1, -0.05) is 50.3 Å².